The van der Waals surface area contributed by atoms with Gasteiger partial charge in [0.25, 0.3) is 0 Å². The van der Waals surface area contributed by atoms with E-state index in [0.717, 1.165) is 16.4 Å². The lowest BCUT2D eigenvalue weighted by atomic mass is 10.3. The van der Waals surface area contributed by atoms with Crippen LogP contribution in [-0.2, 0) is 0 Å². The van der Waals surface area contributed by atoms with Crippen LogP contribution in [0, 0.1) is 13.8 Å². The molecule has 4 nitrogen and oxygen atoms in total. The molecule has 2 aromatic rings. The van der Waals surface area contributed by atoms with E-state index in [2.05, 4.69) is 16.9 Å². The van der Waals surface area contributed by atoms with E-state index in [9.17, 15) is 0 Å². The van der Waals surface area contributed by atoms with Gasteiger partial charge in [0.15, 0.2) is 0 Å². The molecule has 0 fully saturated rings. The third-order valence-corrected chi connectivity index (χ3v) is 3.43. The van der Waals surface area contributed by atoms with Crippen LogP contribution in [0.3, 0.4) is 0 Å². The number of hydrogen-bond acceptors (Lipinski definition) is 4. The summed E-state index contributed by atoms with van der Waals surface area (Å²) in [7, 11) is 0. The van der Waals surface area contributed by atoms with Crippen LogP contribution in [0.1, 0.15) is 29.4 Å². The minimum atomic E-state index is 0.157. The Hall–Kier alpha value is -1.36. The van der Waals surface area contributed by atoms with Crippen molar-refractivity contribution < 1.29 is 0 Å². The average molecular weight is 222 g/mol. The molecule has 0 aliphatic rings. The molecule has 0 spiro atoms. The van der Waals surface area contributed by atoms with Gasteiger partial charge in [0.1, 0.15) is 5.01 Å². The van der Waals surface area contributed by atoms with E-state index in [0.29, 0.717) is 5.95 Å². The molecule has 2 aromatic heterocycles. The highest BCUT2D eigenvalue weighted by atomic mass is 32.1. The van der Waals surface area contributed by atoms with Crippen molar-refractivity contribution in [3.63, 3.8) is 0 Å². The summed E-state index contributed by atoms with van der Waals surface area (Å²) >= 11 is 1.66. The zero-order valence-electron chi connectivity index (χ0n) is 9.06. The van der Waals surface area contributed by atoms with E-state index in [1.54, 1.807) is 11.3 Å². The molecule has 2 N–H and O–H groups in total. The molecule has 0 saturated heterocycles. The summed E-state index contributed by atoms with van der Waals surface area (Å²) in [6.07, 6.45) is 1.96. The van der Waals surface area contributed by atoms with Gasteiger partial charge < -0.3 is 10.3 Å². The normalized spacial score (nSPS) is 13.0. The van der Waals surface area contributed by atoms with Crippen molar-refractivity contribution in [2.45, 2.75) is 26.8 Å². The van der Waals surface area contributed by atoms with Crippen LogP contribution in [0.4, 0.5) is 5.95 Å². The van der Waals surface area contributed by atoms with Crippen LogP contribution < -0.4 is 5.73 Å². The van der Waals surface area contributed by atoms with E-state index < -0.39 is 0 Å². The van der Waals surface area contributed by atoms with Crippen LogP contribution in [0.15, 0.2) is 11.6 Å². The van der Waals surface area contributed by atoms with Gasteiger partial charge in [0.2, 0.25) is 5.95 Å². The number of anilines is 1. The predicted octanol–water partition coefficient (Wildman–Crippen LogP) is 2.15. The van der Waals surface area contributed by atoms with Crippen LogP contribution in [-0.4, -0.2) is 14.5 Å². The van der Waals surface area contributed by atoms with Gasteiger partial charge in [-0.25, -0.2) is 9.97 Å². The van der Waals surface area contributed by atoms with Gasteiger partial charge in [-0.3, -0.25) is 0 Å². The van der Waals surface area contributed by atoms with Crippen molar-refractivity contribution >= 4 is 17.3 Å². The van der Waals surface area contributed by atoms with Crippen LogP contribution in [0.25, 0.3) is 0 Å². The molecule has 80 valence electrons. The highest BCUT2D eigenvalue weighted by Gasteiger charge is 2.14. The van der Waals surface area contributed by atoms with Gasteiger partial charge in [0.05, 0.1) is 11.7 Å². The van der Waals surface area contributed by atoms with Crippen molar-refractivity contribution in [2.24, 2.45) is 0 Å². The number of aryl methyl sites for hydroxylation is 2. The Kier molecular flexibility index (Phi) is 2.48. The second-order valence-corrected chi connectivity index (χ2v) is 4.54. The van der Waals surface area contributed by atoms with Gasteiger partial charge in [-0.05, 0) is 20.8 Å². The minimum absolute atomic E-state index is 0.157. The van der Waals surface area contributed by atoms with Crippen LogP contribution >= 0.6 is 11.3 Å². The number of hydrogen-bond donors (Lipinski definition) is 1. The summed E-state index contributed by atoms with van der Waals surface area (Å²) in [5.74, 6) is 0.549. The summed E-state index contributed by atoms with van der Waals surface area (Å²) in [5.41, 5.74) is 7.81. The van der Waals surface area contributed by atoms with Gasteiger partial charge in [0, 0.05) is 17.3 Å². The topological polar surface area (TPSA) is 56.7 Å². The van der Waals surface area contributed by atoms with Crippen molar-refractivity contribution in [3.05, 3.63) is 28.0 Å². The van der Waals surface area contributed by atoms with Gasteiger partial charge in [-0.2, -0.15) is 0 Å². The van der Waals surface area contributed by atoms with Crippen molar-refractivity contribution in [2.75, 3.05) is 5.73 Å². The first kappa shape index (κ1) is 10.2. The first-order chi connectivity index (χ1) is 7.08. The zero-order valence-corrected chi connectivity index (χ0v) is 9.88. The van der Waals surface area contributed by atoms with E-state index in [1.807, 2.05) is 30.0 Å². The number of nitrogens with two attached hydrogens (primary N) is 1. The molecule has 5 heteroatoms. The molecular weight excluding hydrogens is 208 g/mol. The highest BCUT2D eigenvalue weighted by Crippen LogP contribution is 2.24. The summed E-state index contributed by atoms with van der Waals surface area (Å²) < 4.78 is 1.95. The first-order valence-electron chi connectivity index (χ1n) is 4.81. The Morgan fingerprint density at radius 2 is 2.07 bits per heavy atom. The summed E-state index contributed by atoms with van der Waals surface area (Å²) in [4.78, 5) is 8.63. The molecular formula is C10H14N4S. The second kappa shape index (κ2) is 3.66. The van der Waals surface area contributed by atoms with Crippen molar-refractivity contribution in [1.82, 2.24) is 14.5 Å². The molecule has 0 amide bonds. The number of nitrogen functional groups attached to an aromatic ring is 1. The van der Waals surface area contributed by atoms with E-state index >= 15 is 0 Å². The standard InChI is InChI=1S/C10H14N4S/c1-6-4-14(10(11)13-6)8(3)9-12-7(2)5-15-9/h4-5,8H,1-3H3,(H2,11,13). The fraction of sp³-hybridized carbons (Fsp3) is 0.400. The Balaban J connectivity index is 2.35. The SMILES string of the molecule is Cc1csc(C(C)n2cc(C)nc2N)n1. The largest absolute Gasteiger partial charge is 0.369 e. The smallest absolute Gasteiger partial charge is 0.201 e. The average Bonchev–Trinajstić information content (AvgIpc) is 2.71. The molecule has 2 rings (SSSR count). The molecule has 0 saturated carbocycles. The van der Waals surface area contributed by atoms with E-state index in [4.69, 9.17) is 5.73 Å². The third-order valence-electron chi connectivity index (χ3n) is 2.29. The molecule has 1 atom stereocenters. The zero-order chi connectivity index (χ0) is 11.0. The molecule has 15 heavy (non-hydrogen) atoms. The Morgan fingerprint density at radius 3 is 2.53 bits per heavy atom. The third kappa shape index (κ3) is 1.87. The molecule has 0 radical (unpaired) electrons. The lowest BCUT2D eigenvalue weighted by Gasteiger charge is -2.11. The second-order valence-electron chi connectivity index (χ2n) is 3.65. The number of thiazole rings is 1. The Morgan fingerprint density at radius 1 is 1.33 bits per heavy atom. The molecule has 0 aromatic carbocycles. The maximum Gasteiger partial charge on any atom is 0.201 e. The monoisotopic (exact) mass is 222 g/mol. The fourth-order valence-corrected chi connectivity index (χ4v) is 2.38. The Bertz CT molecular complexity index is 471. The number of aromatic nitrogens is 3. The number of imidazole rings is 1. The quantitative estimate of drug-likeness (QED) is 0.847. The van der Waals surface area contributed by atoms with E-state index in [-0.39, 0.29) is 6.04 Å². The van der Waals surface area contributed by atoms with Crippen molar-refractivity contribution in [1.29, 1.82) is 0 Å². The predicted molar refractivity (Wildman–Crippen MR) is 62.0 cm³/mol. The fourth-order valence-electron chi connectivity index (χ4n) is 1.53. The first-order valence-corrected chi connectivity index (χ1v) is 5.69. The number of rotatable bonds is 2. The minimum Gasteiger partial charge on any atom is -0.369 e. The van der Waals surface area contributed by atoms with Gasteiger partial charge in [-0.15, -0.1) is 11.3 Å². The van der Waals surface area contributed by atoms with Gasteiger partial charge in [-0.1, -0.05) is 0 Å². The molecule has 0 aliphatic carbocycles. The maximum atomic E-state index is 5.82. The molecule has 0 aliphatic heterocycles. The Labute approximate surface area is 92.8 Å². The lowest BCUT2D eigenvalue weighted by molar-refractivity contribution is 0.642. The van der Waals surface area contributed by atoms with Crippen LogP contribution in [0.2, 0.25) is 0 Å². The number of nitrogens with zero attached hydrogens (tertiary/aromatic N) is 3. The molecule has 1 unspecified atom stereocenters. The maximum absolute atomic E-state index is 5.82. The van der Waals surface area contributed by atoms with E-state index in [1.165, 1.54) is 0 Å². The highest BCUT2D eigenvalue weighted by molar-refractivity contribution is 7.09. The van der Waals surface area contributed by atoms with Gasteiger partial charge >= 0.3 is 0 Å². The molecule has 0 bridgehead atoms. The lowest BCUT2D eigenvalue weighted by Crippen LogP contribution is -2.08. The van der Waals surface area contributed by atoms with Crippen molar-refractivity contribution in [3.8, 4) is 0 Å². The molecule has 2 heterocycles. The van der Waals surface area contributed by atoms with Crippen LogP contribution in [0.5, 0.6) is 0 Å². The summed E-state index contributed by atoms with van der Waals surface area (Å²) in [5, 5.41) is 3.11. The summed E-state index contributed by atoms with van der Waals surface area (Å²) in [6, 6.07) is 0.157. The summed E-state index contributed by atoms with van der Waals surface area (Å²) in [6.45, 7) is 6.01.